The van der Waals surface area contributed by atoms with Gasteiger partial charge in [0.15, 0.2) is 5.96 Å². The lowest BCUT2D eigenvalue weighted by atomic mass is 10.1. The lowest BCUT2D eigenvalue weighted by molar-refractivity contribution is -0.117. The molecule has 0 spiro atoms. The minimum absolute atomic E-state index is 0. The Balaban J connectivity index is 0.00000882. The number of hydrogen-bond donors (Lipinski definition) is 3. The fourth-order valence-corrected chi connectivity index (χ4v) is 10.3. The summed E-state index contributed by atoms with van der Waals surface area (Å²) in [5, 5.41) is 9.94. The normalized spacial score (nSPS) is 12.0. The molecule has 42 heavy (non-hydrogen) atoms. The molecule has 0 fully saturated rings. The second-order valence-electron chi connectivity index (χ2n) is 12.2. The second kappa shape index (κ2) is 20.7. The summed E-state index contributed by atoms with van der Waals surface area (Å²) in [7, 11) is -1.02. The zero-order valence-electron chi connectivity index (χ0n) is 27.4. The molecule has 0 unspecified atom stereocenters. The molecule has 1 amide bonds. The number of rotatable bonds is 18. The highest BCUT2D eigenvalue weighted by molar-refractivity contribution is 7.75. The first-order chi connectivity index (χ1) is 19.7. The SMILES string of the molecule is CCCC[P+](CCCC)(CCCC)Cc1ccc(NC(=O)[C@H](Cc2ccccc2)N=C(NC(C)C)NC(C)C)cc1.[Cl-]. The van der Waals surface area contributed by atoms with Crippen molar-refractivity contribution in [3.63, 3.8) is 0 Å². The van der Waals surface area contributed by atoms with Gasteiger partial charge < -0.3 is 28.4 Å². The Bertz CT molecular complexity index is 993. The average molecular weight is 617 g/mol. The van der Waals surface area contributed by atoms with Crippen LogP contribution in [0, 0.1) is 0 Å². The van der Waals surface area contributed by atoms with Crippen LogP contribution in [0.3, 0.4) is 0 Å². The molecule has 5 nitrogen and oxygen atoms in total. The van der Waals surface area contributed by atoms with Gasteiger partial charge in [-0.15, -0.1) is 0 Å². The van der Waals surface area contributed by atoms with Crippen molar-refractivity contribution in [3.05, 3.63) is 65.7 Å². The van der Waals surface area contributed by atoms with Crippen LogP contribution in [0.15, 0.2) is 59.6 Å². The van der Waals surface area contributed by atoms with Crippen molar-refractivity contribution in [1.29, 1.82) is 0 Å². The van der Waals surface area contributed by atoms with E-state index in [1.165, 1.54) is 68.7 Å². The van der Waals surface area contributed by atoms with Crippen LogP contribution in [0.4, 0.5) is 5.69 Å². The molecular formula is C35H58ClN4OP. The van der Waals surface area contributed by atoms with Gasteiger partial charge in [-0.3, -0.25) is 4.79 Å². The number of amides is 1. The number of carbonyl (C=O) groups excluding carboxylic acids is 1. The summed E-state index contributed by atoms with van der Waals surface area (Å²) in [6.07, 6.45) is 13.9. The number of unbranched alkanes of at least 4 members (excludes halogenated alkanes) is 3. The molecule has 0 aromatic heterocycles. The topological polar surface area (TPSA) is 65.5 Å². The van der Waals surface area contributed by atoms with Gasteiger partial charge >= 0.3 is 0 Å². The fourth-order valence-electron chi connectivity index (χ4n) is 5.21. The molecule has 0 aliphatic carbocycles. The molecule has 7 heteroatoms. The van der Waals surface area contributed by atoms with E-state index in [9.17, 15) is 4.79 Å². The van der Waals surface area contributed by atoms with Gasteiger partial charge in [0.25, 0.3) is 0 Å². The van der Waals surface area contributed by atoms with Gasteiger partial charge in [-0.05, 0) is 70.2 Å². The van der Waals surface area contributed by atoms with Crippen LogP contribution in [-0.2, 0) is 17.4 Å². The smallest absolute Gasteiger partial charge is 0.249 e. The van der Waals surface area contributed by atoms with Crippen molar-refractivity contribution in [2.75, 3.05) is 23.8 Å². The summed E-state index contributed by atoms with van der Waals surface area (Å²) >= 11 is 0. The minimum Gasteiger partial charge on any atom is -1.00 e. The maximum Gasteiger partial charge on any atom is 0.249 e. The van der Waals surface area contributed by atoms with Crippen molar-refractivity contribution in [2.45, 2.75) is 118 Å². The Labute approximate surface area is 264 Å². The first-order valence-electron chi connectivity index (χ1n) is 16.1. The molecule has 3 N–H and O–H groups in total. The molecule has 0 saturated heterocycles. The minimum atomic E-state index is -1.02. The van der Waals surface area contributed by atoms with Gasteiger partial charge in [0.2, 0.25) is 5.91 Å². The van der Waals surface area contributed by atoms with Gasteiger partial charge in [-0.1, -0.05) is 82.5 Å². The summed E-state index contributed by atoms with van der Waals surface area (Å²) in [6.45, 7) is 15.3. The highest BCUT2D eigenvalue weighted by Gasteiger charge is 2.35. The summed E-state index contributed by atoms with van der Waals surface area (Å²) in [5.74, 6) is 0.568. The van der Waals surface area contributed by atoms with E-state index < -0.39 is 13.3 Å². The van der Waals surface area contributed by atoms with Gasteiger partial charge in [0.05, 0.1) is 24.6 Å². The van der Waals surface area contributed by atoms with Gasteiger partial charge in [0.1, 0.15) is 6.04 Å². The number of anilines is 1. The van der Waals surface area contributed by atoms with E-state index in [2.05, 4.69) is 101 Å². The van der Waals surface area contributed by atoms with E-state index >= 15 is 0 Å². The molecule has 2 aromatic rings. The van der Waals surface area contributed by atoms with E-state index in [1.807, 2.05) is 18.2 Å². The van der Waals surface area contributed by atoms with Crippen LogP contribution in [0.1, 0.15) is 98.1 Å². The third-order valence-corrected chi connectivity index (χ3v) is 12.2. The van der Waals surface area contributed by atoms with Crippen molar-refractivity contribution in [2.24, 2.45) is 4.99 Å². The molecular weight excluding hydrogens is 559 g/mol. The van der Waals surface area contributed by atoms with Gasteiger partial charge in [-0.2, -0.15) is 0 Å². The van der Waals surface area contributed by atoms with E-state index in [4.69, 9.17) is 4.99 Å². The third-order valence-electron chi connectivity index (χ3n) is 7.41. The molecule has 0 aliphatic heterocycles. The number of halogens is 1. The zero-order valence-corrected chi connectivity index (χ0v) is 29.0. The summed E-state index contributed by atoms with van der Waals surface area (Å²) in [4.78, 5) is 18.5. The first kappa shape index (κ1) is 37.9. The second-order valence-corrected chi connectivity index (χ2v) is 16.5. The van der Waals surface area contributed by atoms with Crippen molar-refractivity contribution in [1.82, 2.24) is 10.6 Å². The van der Waals surface area contributed by atoms with E-state index in [0.717, 1.165) is 11.3 Å². The van der Waals surface area contributed by atoms with Crippen molar-refractivity contribution in [3.8, 4) is 0 Å². The lowest BCUT2D eigenvalue weighted by Crippen LogP contribution is -3.00. The van der Waals surface area contributed by atoms with Crippen LogP contribution < -0.4 is 28.4 Å². The predicted octanol–water partition coefficient (Wildman–Crippen LogP) is 5.51. The van der Waals surface area contributed by atoms with E-state index in [0.29, 0.717) is 12.4 Å². The molecule has 0 heterocycles. The Kier molecular flexibility index (Phi) is 18.7. The number of guanidine groups is 1. The third kappa shape index (κ3) is 14.4. The molecule has 2 aromatic carbocycles. The molecule has 236 valence electrons. The quantitative estimate of drug-likeness (QED) is 0.118. The lowest BCUT2D eigenvalue weighted by Gasteiger charge is -2.28. The van der Waals surface area contributed by atoms with Crippen LogP contribution >= 0.6 is 7.26 Å². The monoisotopic (exact) mass is 616 g/mol. The number of nitrogens with one attached hydrogen (secondary N) is 3. The highest BCUT2D eigenvalue weighted by Crippen LogP contribution is 2.63. The first-order valence-corrected chi connectivity index (χ1v) is 18.6. The molecule has 0 aliphatic rings. The van der Waals surface area contributed by atoms with Crippen LogP contribution in [0.25, 0.3) is 0 Å². The summed E-state index contributed by atoms with van der Waals surface area (Å²) in [6, 6.07) is 18.7. The number of carbonyl (C=O) groups is 1. The maximum atomic E-state index is 13.6. The molecule has 0 bridgehead atoms. The number of nitrogens with zero attached hydrogens (tertiary/aromatic N) is 1. The molecule has 1 atom stereocenters. The molecule has 2 rings (SSSR count). The van der Waals surface area contributed by atoms with Crippen LogP contribution in [-0.4, -0.2) is 48.5 Å². The van der Waals surface area contributed by atoms with Crippen molar-refractivity contribution >= 4 is 24.8 Å². The summed E-state index contributed by atoms with van der Waals surface area (Å²) < 4.78 is 0. The van der Waals surface area contributed by atoms with Gasteiger partial charge in [-0.25, -0.2) is 4.99 Å². The van der Waals surface area contributed by atoms with Crippen molar-refractivity contribution < 1.29 is 17.2 Å². The predicted molar refractivity (Wildman–Crippen MR) is 183 cm³/mol. The standard InChI is InChI=1S/C35H57N4OP.ClH/c1-8-11-23-41(24-12-9-2,25-13-10-3)27-31-19-21-32(22-20-31)38-34(40)33(26-30-17-15-14-16-18-30)39-35(36-28(4)5)37-29(6)7;/h14-22,28-29,33H,8-13,23-27H2,1-7H3,(H2-,36,37,38,39,40);1H/t33-;/m0./s1. The van der Waals surface area contributed by atoms with Crippen LogP contribution in [0.5, 0.6) is 0 Å². The Hall–Kier alpha value is -2.10. The molecule has 0 saturated carbocycles. The Morgan fingerprint density at radius 3 is 1.69 bits per heavy atom. The number of benzene rings is 2. The van der Waals surface area contributed by atoms with E-state index in [1.54, 1.807) is 0 Å². The van der Waals surface area contributed by atoms with Gasteiger partial charge in [0, 0.05) is 31.5 Å². The molecule has 0 radical (unpaired) electrons. The number of aliphatic imine (C=N–C) groups is 1. The Morgan fingerprint density at radius 2 is 1.24 bits per heavy atom. The Morgan fingerprint density at radius 1 is 0.738 bits per heavy atom. The maximum absolute atomic E-state index is 13.6. The largest absolute Gasteiger partial charge is 1.00 e. The number of hydrogen-bond acceptors (Lipinski definition) is 2. The van der Waals surface area contributed by atoms with E-state index in [-0.39, 0.29) is 30.4 Å². The highest BCUT2D eigenvalue weighted by atomic mass is 35.5. The van der Waals surface area contributed by atoms with Crippen LogP contribution in [0.2, 0.25) is 0 Å². The average Bonchev–Trinajstić information content (AvgIpc) is 2.94. The summed E-state index contributed by atoms with van der Waals surface area (Å²) in [5.41, 5.74) is 3.34. The fraction of sp³-hybridized carbons (Fsp3) is 0.600. The zero-order chi connectivity index (χ0) is 30.1.